The first-order chi connectivity index (χ1) is 35.8. The molecule has 0 aliphatic carbocycles. The van der Waals surface area contributed by atoms with Crippen LogP contribution < -0.4 is 14.9 Å². The average Bonchev–Trinajstić information content (AvgIpc) is 3.38. The van der Waals surface area contributed by atoms with E-state index in [1.165, 1.54) is 82.5 Å². The predicted octanol–water partition coefficient (Wildman–Crippen LogP) is 11.0. The molecule has 2 aromatic heterocycles. The molecule has 402 valence electrons. The van der Waals surface area contributed by atoms with Gasteiger partial charge >= 0.3 is 29.5 Å². The van der Waals surface area contributed by atoms with Crippen molar-refractivity contribution in [3.8, 4) is 23.0 Å². The second-order valence-electron chi connectivity index (χ2n) is 16.3. The fourth-order valence-electron chi connectivity index (χ4n) is 6.50. The van der Waals surface area contributed by atoms with Gasteiger partial charge in [0.1, 0.15) is 37.0 Å². The van der Waals surface area contributed by atoms with Gasteiger partial charge in [-0.15, -0.1) is 0 Å². The third-order valence-corrected chi connectivity index (χ3v) is 14.5. The summed E-state index contributed by atoms with van der Waals surface area (Å²) in [7, 11) is 4.83. The molecule has 22 nitrogen and oxygen atoms in total. The SMILES string of the molecule is C[C@@H](Cc1ccc(O)cc1)C[C@H](C)C(=O)NCC(=O)OCCSSc1ncccc1[N+](=O)[O-].C[C@@H](Cc1ccc(O)cc1)C[C@H](C)C(=O)O.N=NOc1ccc(OC(=O)OCCSSc2ncccc2[N+](=O)[O-])cc1. The van der Waals surface area contributed by atoms with Crippen LogP contribution in [0.25, 0.3) is 0 Å². The number of carbonyl (C=O) groups excluding carboxylic acids is 3. The van der Waals surface area contributed by atoms with Crippen LogP contribution in [0.1, 0.15) is 51.7 Å². The van der Waals surface area contributed by atoms with Crippen LogP contribution in [-0.4, -0.2) is 90.4 Å². The van der Waals surface area contributed by atoms with Crippen molar-refractivity contribution in [3.63, 3.8) is 0 Å². The molecule has 26 heteroatoms. The number of pyridine rings is 2. The van der Waals surface area contributed by atoms with E-state index in [0.717, 1.165) is 45.6 Å². The number of amides is 1. The number of esters is 1. The molecular formula is C49H57N7O15S4. The lowest BCUT2D eigenvalue weighted by Gasteiger charge is -2.17. The van der Waals surface area contributed by atoms with Crippen molar-refractivity contribution in [2.45, 2.75) is 63.4 Å². The van der Waals surface area contributed by atoms with Crippen LogP contribution in [0.4, 0.5) is 16.2 Å². The lowest BCUT2D eigenvalue weighted by molar-refractivity contribution is -0.388. The molecule has 75 heavy (non-hydrogen) atoms. The smallest absolute Gasteiger partial charge is 0.508 e. The summed E-state index contributed by atoms with van der Waals surface area (Å²) in [5.74, 6) is 0.415. The Hall–Kier alpha value is -7.16. The number of ether oxygens (including phenoxy) is 3. The molecule has 0 bridgehead atoms. The Labute approximate surface area is 448 Å². The Bertz CT molecular complexity index is 2600. The van der Waals surface area contributed by atoms with E-state index in [-0.39, 0.29) is 77.1 Å². The van der Waals surface area contributed by atoms with Gasteiger partial charge in [-0.05, 0) is 131 Å². The lowest BCUT2D eigenvalue weighted by atomic mass is 9.91. The number of hydrogen-bond acceptors (Lipinski definition) is 22. The summed E-state index contributed by atoms with van der Waals surface area (Å²) in [5, 5.41) is 55.0. The first-order valence-electron chi connectivity index (χ1n) is 22.8. The van der Waals surface area contributed by atoms with Crippen molar-refractivity contribution < 1.29 is 63.4 Å². The molecule has 5 rings (SSSR count). The molecule has 5 aromatic rings. The third kappa shape index (κ3) is 25.6. The van der Waals surface area contributed by atoms with Crippen LogP contribution in [-0.2, 0) is 36.7 Å². The topological polar surface area (TPSA) is 326 Å². The van der Waals surface area contributed by atoms with Gasteiger partial charge in [-0.2, -0.15) is 5.53 Å². The number of hydrogen-bond donors (Lipinski definition) is 5. The van der Waals surface area contributed by atoms with Crippen LogP contribution in [0, 0.1) is 49.4 Å². The zero-order valence-electron chi connectivity index (χ0n) is 41.2. The monoisotopic (exact) mass is 1110 g/mol. The zero-order valence-corrected chi connectivity index (χ0v) is 44.4. The highest BCUT2D eigenvalue weighted by Gasteiger charge is 2.20. The van der Waals surface area contributed by atoms with E-state index in [2.05, 4.69) is 32.3 Å². The summed E-state index contributed by atoms with van der Waals surface area (Å²) in [6.45, 7) is 7.63. The molecule has 0 aliphatic rings. The van der Waals surface area contributed by atoms with E-state index in [1.807, 2.05) is 38.1 Å². The van der Waals surface area contributed by atoms with E-state index >= 15 is 0 Å². The molecule has 0 radical (unpaired) electrons. The van der Waals surface area contributed by atoms with Gasteiger partial charge in [0.15, 0.2) is 15.8 Å². The molecule has 2 heterocycles. The van der Waals surface area contributed by atoms with Gasteiger partial charge in [0.25, 0.3) is 0 Å². The van der Waals surface area contributed by atoms with Crippen LogP contribution in [0.2, 0.25) is 0 Å². The summed E-state index contributed by atoms with van der Waals surface area (Å²) in [4.78, 5) is 79.7. The Morgan fingerprint density at radius 3 is 1.59 bits per heavy atom. The maximum Gasteiger partial charge on any atom is 0.513 e. The standard InChI is InChI=1S/C22H27N3O6S2.C14H12N4O6S2.C13H18O3/c1-15(13-17-5-7-18(26)8-6-17)12-16(2)21(28)24-14-20(27)31-10-11-32-33-22-19(25(29)30)4-3-9-23-22;15-17-24-11-5-3-10(4-6-11)23-14(19)22-8-9-25-26-13-12(18(20)21)2-1-7-16-13;1-9(7-10(2)13(15)16)8-11-3-5-12(14)6-4-11/h3-9,15-16,26H,10-14H2,1-2H3,(H,24,28);1-7,15H,8-9H2;3-6,9-10,14H,7-8H2,1-2H3,(H,15,16)/t15-,16+;;9-,10+/m1.1/s1. The van der Waals surface area contributed by atoms with E-state index in [9.17, 15) is 44.5 Å². The normalized spacial score (nSPS) is 12.1. The van der Waals surface area contributed by atoms with Crippen molar-refractivity contribution in [1.82, 2.24) is 15.3 Å². The van der Waals surface area contributed by atoms with Crippen LogP contribution >= 0.6 is 43.2 Å². The molecule has 0 fully saturated rings. The zero-order chi connectivity index (χ0) is 55.1. The fourth-order valence-corrected chi connectivity index (χ4v) is 10.2. The Morgan fingerprint density at radius 1 is 0.680 bits per heavy atom. The van der Waals surface area contributed by atoms with Gasteiger partial charge in [0, 0.05) is 47.2 Å². The Balaban J connectivity index is 0.000000314. The number of rotatable bonds is 27. The number of aromatic hydroxyl groups is 2. The Kier molecular flexibility index (Phi) is 28.5. The molecule has 5 N–H and O–H groups in total. The fraction of sp³-hybridized carbons (Fsp3) is 0.347. The van der Waals surface area contributed by atoms with Gasteiger partial charge in [0.05, 0.1) is 15.8 Å². The number of aliphatic carboxylic acids is 1. The second-order valence-corrected chi connectivity index (χ2v) is 21.1. The quantitative estimate of drug-likeness (QED) is 0.00620. The summed E-state index contributed by atoms with van der Waals surface area (Å²) in [6.07, 6.45) is 5.05. The van der Waals surface area contributed by atoms with Gasteiger partial charge in [-0.25, -0.2) is 14.8 Å². The molecular weight excluding hydrogens is 1050 g/mol. The summed E-state index contributed by atoms with van der Waals surface area (Å²) >= 11 is 0. The third-order valence-electron chi connectivity index (χ3n) is 9.99. The first kappa shape index (κ1) is 62.1. The summed E-state index contributed by atoms with van der Waals surface area (Å²) < 4.78 is 15.0. The van der Waals surface area contributed by atoms with Crippen LogP contribution in [0.5, 0.6) is 23.0 Å². The van der Waals surface area contributed by atoms with E-state index in [1.54, 1.807) is 31.2 Å². The molecule has 0 saturated carbocycles. The predicted molar refractivity (Wildman–Crippen MR) is 284 cm³/mol. The average molecular weight is 1110 g/mol. The Morgan fingerprint density at radius 2 is 1.13 bits per heavy atom. The molecule has 0 aliphatic heterocycles. The first-order valence-corrected chi connectivity index (χ1v) is 27.5. The number of carbonyl (C=O) groups is 4. The van der Waals surface area contributed by atoms with Crippen LogP contribution in [0.15, 0.2) is 125 Å². The number of aromatic nitrogens is 2. The summed E-state index contributed by atoms with van der Waals surface area (Å²) in [6, 6.07) is 25.7. The van der Waals surface area contributed by atoms with E-state index < -0.39 is 27.9 Å². The summed E-state index contributed by atoms with van der Waals surface area (Å²) in [5.41, 5.74) is 8.64. The largest absolute Gasteiger partial charge is 0.513 e. The van der Waals surface area contributed by atoms with Crippen molar-refractivity contribution in [2.24, 2.45) is 28.9 Å². The highest BCUT2D eigenvalue weighted by Crippen LogP contribution is 2.36. The molecule has 0 spiro atoms. The minimum atomic E-state index is -0.877. The van der Waals surface area contributed by atoms with Crippen molar-refractivity contribution >= 4 is 78.6 Å². The minimum absolute atomic E-state index is 0.0655. The molecule has 1 amide bonds. The van der Waals surface area contributed by atoms with E-state index in [4.69, 9.17) is 30.0 Å². The number of carboxylic acids is 1. The number of nitrogens with zero attached hydrogens (tertiary/aromatic N) is 5. The van der Waals surface area contributed by atoms with Gasteiger partial charge in [-0.1, -0.05) is 73.5 Å². The van der Waals surface area contributed by atoms with Gasteiger partial charge in [-0.3, -0.25) is 34.6 Å². The number of phenols is 2. The number of nitrogens with one attached hydrogen (secondary N) is 2. The highest BCUT2D eigenvalue weighted by molar-refractivity contribution is 8.77. The van der Waals surface area contributed by atoms with Crippen LogP contribution in [0.3, 0.4) is 0 Å². The number of benzene rings is 3. The van der Waals surface area contributed by atoms with Crippen molar-refractivity contribution in [2.75, 3.05) is 31.3 Å². The maximum absolute atomic E-state index is 12.3. The number of phenolic OH excluding ortho intramolecular Hbond substituents is 2. The highest BCUT2D eigenvalue weighted by atomic mass is 33.1. The minimum Gasteiger partial charge on any atom is -0.508 e. The van der Waals surface area contributed by atoms with Gasteiger partial charge in [0.2, 0.25) is 5.91 Å². The maximum atomic E-state index is 12.3. The molecule has 0 unspecified atom stereocenters. The van der Waals surface area contributed by atoms with Crippen molar-refractivity contribution in [3.05, 3.63) is 141 Å². The molecule has 3 aromatic carbocycles. The van der Waals surface area contributed by atoms with Crippen molar-refractivity contribution in [1.29, 1.82) is 5.53 Å². The molecule has 4 atom stereocenters. The van der Waals surface area contributed by atoms with E-state index in [0.29, 0.717) is 41.0 Å². The molecule has 0 saturated heterocycles. The number of nitro groups is 2. The lowest BCUT2D eigenvalue weighted by Crippen LogP contribution is -2.35. The second kappa shape index (κ2) is 34.4. The van der Waals surface area contributed by atoms with Gasteiger partial charge < -0.3 is 39.7 Å². The number of carboxylic acid groups (broad SMARTS) is 1.